The van der Waals surface area contributed by atoms with Crippen molar-refractivity contribution in [1.29, 1.82) is 5.26 Å². The van der Waals surface area contributed by atoms with E-state index >= 15 is 0 Å². The fraction of sp³-hybridized carbons (Fsp3) is 0.333. The van der Waals surface area contributed by atoms with E-state index in [-0.39, 0.29) is 25.3 Å². The van der Waals surface area contributed by atoms with Crippen molar-refractivity contribution >= 4 is 11.0 Å². The summed E-state index contributed by atoms with van der Waals surface area (Å²) in [6.07, 6.45) is 2.71. The summed E-state index contributed by atoms with van der Waals surface area (Å²) >= 11 is 0. The molecule has 0 aliphatic rings. The highest BCUT2D eigenvalue weighted by atomic mass is 16.3. The Hall–Kier alpha value is -2.20. The van der Waals surface area contributed by atoms with Crippen molar-refractivity contribution in [3.63, 3.8) is 0 Å². The summed E-state index contributed by atoms with van der Waals surface area (Å²) in [5, 5.41) is 21.6. The zero-order chi connectivity index (χ0) is 11.5. The molecule has 0 saturated carbocycles. The Morgan fingerprint density at radius 2 is 2.38 bits per heavy atom. The molecule has 2 rings (SSSR count). The monoisotopic (exact) mass is 219 g/mol. The second-order valence-corrected chi connectivity index (χ2v) is 3.16. The molecule has 7 nitrogen and oxygen atoms in total. The van der Waals surface area contributed by atoms with E-state index in [4.69, 9.17) is 10.4 Å². The molecule has 0 unspecified atom stereocenters. The Morgan fingerprint density at radius 1 is 1.56 bits per heavy atom. The van der Waals surface area contributed by atoms with E-state index in [1.165, 1.54) is 21.8 Å². The first-order valence-corrected chi connectivity index (χ1v) is 4.66. The van der Waals surface area contributed by atoms with E-state index in [1.807, 2.05) is 6.07 Å². The van der Waals surface area contributed by atoms with E-state index in [0.29, 0.717) is 11.0 Å². The summed E-state index contributed by atoms with van der Waals surface area (Å²) < 4.78 is 2.67. The van der Waals surface area contributed by atoms with Crippen molar-refractivity contribution in [1.82, 2.24) is 19.3 Å². The highest BCUT2D eigenvalue weighted by Gasteiger charge is 2.08. The molecule has 0 saturated heterocycles. The normalized spacial score (nSPS) is 10.5. The number of aromatic nitrogens is 4. The van der Waals surface area contributed by atoms with Crippen molar-refractivity contribution in [3.8, 4) is 6.07 Å². The fourth-order valence-corrected chi connectivity index (χ4v) is 1.44. The van der Waals surface area contributed by atoms with Gasteiger partial charge in [-0.1, -0.05) is 0 Å². The minimum atomic E-state index is -0.296. The number of hydrogen-bond acceptors (Lipinski definition) is 5. The number of nitriles is 1. The van der Waals surface area contributed by atoms with Gasteiger partial charge in [0.15, 0.2) is 5.65 Å². The van der Waals surface area contributed by atoms with Crippen molar-refractivity contribution in [3.05, 3.63) is 22.9 Å². The van der Waals surface area contributed by atoms with Crippen LogP contribution in [0.5, 0.6) is 0 Å². The molecule has 0 radical (unpaired) electrons. The zero-order valence-electron chi connectivity index (χ0n) is 8.37. The van der Waals surface area contributed by atoms with E-state index in [9.17, 15) is 4.79 Å². The number of fused-ring (bicyclic) bond motifs is 1. The molecule has 2 aromatic heterocycles. The molecule has 0 fully saturated rings. The maximum atomic E-state index is 11.8. The minimum absolute atomic E-state index is 0.0348. The third-order valence-corrected chi connectivity index (χ3v) is 2.18. The van der Waals surface area contributed by atoms with Crippen molar-refractivity contribution in [2.24, 2.45) is 0 Å². The average Bonchev–Trinajstić information content (AvgIpc) is 2.67. The van der Waals surface area contributed by atoms with Gasteiger partial charge in [0.05, 0.1) is 25.4 Å². The molecule has 0 aromatic carbocycles. The Labute approximate surface area is 90.2 Å². The predicted octanol–water partition coefficient (Wildman–Crippen LogP) is -0.891. The van der Waals surface area contributed by atoms with Gasteiger partial charge in [-0.15, -0.1) is 0 Å². The molecular formula is C9H9N5O2. The minimum Gasteiger partial charge on any atom is -0.394 e. The molecular weight excluding hydrogens is 210 g/mol. The molecule has 16 heavy (non-hydrogen) atoms. The summed E-state index contributed by atoms with van der Waals surface area (Å²) in [6.45, 7) is 0.185. The zero-order valence-corrected chi connectivity index (χ0v) is 8.37. The second kappa shape index (κ2) is 4.12. The van der Waals surface area contributed by atoms with Gasteiger partial charge in [-0.05, 0) is 0 Å². The van der Waals surface area contributed by atoms with Gasteiger partial charge in [0, 0.05) is 0 Å². The van der Waals surface area contributed by atoms with Crippen LogP contribution in [-0.4, -0.2) is 31.0 Å². The summed E-state index contributed by atoms with van der Waals surface area (Å²) in [5.41, 5.74) is 0.129. The lowest BCUT2D eigenvalue weighted by atomic mass is 10.4. The number of hydrogen-bond donors (Lipinski definition) is 1. The maximum Gasteiger partial charge on any atom is 0.265 e. The molecule has 0 bridgehead atoms. The van der Waals surface area contributed by atoms with Gasteiger partial charge in [0.25, 0.3) is 5.56 Å². The first-order chi connectivity index (χ1) is 7.77. The number of aliphatic hydroxyl groups excluding tert-OH is 1. The molecule has 0 atom stereocenters. The van der Waals surface area contributed by atoms with Gasteiger partial charge in [-0.3, -0.25) is 9.36 Å². The lowest BCUT2D eigenvalue weighted by Gasteiger charge is -2.01. The molecule has 2 aromatic rings. The van der Waals surface area contributed by atoms with Crippen LogP contribution in [0, 0.1) is 11.3 Å². The summed E-state index contributed by atoms with van der Waals surface area (Å²) in [4.78, 5) is 15.8. The van der Waals surface area contributed by atoms with Crippen LogP contribution in [0.15, 0.2) is 17.3 Å². The van der Waals surface area contributed by atoms with E-state index in [0.717, 1.165) is 0 Å². The number of rotatable bonds is 3. The molecule has 82 valence electrons. The number of nitrogens with zero attached hydrogens (tertiary/aromatic N) is 5. The smallest absolute Gasteiger partial charge is 0.265 e. The summed E-state index contributed by atoms with van der Waals surface area (Å²) in [5.74, 6) is 0. The molecule has 0 aliphatic heterocycles. The molecule has 1 N–H and O–H groups in total. The average molecular weight is 219 g/mol. The van der Waals surface area contributed by atoms with Crippen molar-refractivity contribution < 1.29 is 5.11 Å². The topological polar surface area (TPSA) is 96.7 Å². The first-order valence-electron chi connectivity index (χ1n) is 4.66. The predicted molar refractivity (Wildman–Crippen MR) is 54.5 cm³/mol. The van der Waals surface area contributed by atoms with Gasteiger partial charge in [-0.2, -0.15) is 10.4 Å². The van der Waals surface area contributed by atoms with Crippen LogP contribution in [0.1, 0.15) is 0 Å². The van der Waals surface area contributed by atoms with Gasteiger partial charge in [0.1, 0.15) is 18.3 Å². The number of aliphatic hydroxyl groups is 1. The molecule has 7 heteroatoms. The van der Waals surface area contributed by atoms with Crippen LogP contribution in [0.4, 0.5) is 0 Å². The van der Waals surface area contributed by atoms with Crippen LogP contribution in [0.2, 0.25) is 0 Å². The highest BCUT2D eigenvalue weighted by molar-refractivity contribution is 5.72. The molecule has 2 heterocycles. The standard InChI is InChI=1S/C9H9N5O2/c10-1-2-13-6-11-8-7(9(13)16)5-12-14(8)3-4-15/h5-6,15H,2-4H2. The van der Waals surface area contributed by atoms with Crippen LogP contribution in [0.3, 0.4) is 0 Å². The largest absolute Gasteiger partial charge is 0.394 e. The summed E-state index contributed by atoms with van der Waals surface area (Å²) in [7, 11) is 0. The van der Waals surface area contributed by atoms with E-state index in [2.05, 4.69) is 10.1 Å². The third kappa shape index (κ3) is 1.55. The van der Waals surface area contributed by atoms with Crippen molar-refractivity contribution in [2.45, 2.75) is 13.1 Å². The third-order valence-electron chi connectivity index (χ3n) is 2.18. The van der Waals surface area contributed by atoms with Gasteiger partial charge < -0.3 is 5.11 Å². The first kappa shape index (κ1) is 10.3. The van der Waals surface area contributed by atoms with E-state index < -0.39 is 0 Å². The van der Waals surface area contributed by atoms with Crippen molar-refractivity contribution in [2.75, 3.05) is 6.61 Å². The lowest BCUT2D eigenvalue weighted by Crippen LogP contribution is -2.20. The van der Waals surface area contributed by atoms with Crippen LogP contribution >= 0.6 is 0 Å². The highest BCUT2D eigenvalue weighted by Crippen LogP contribution is 2.04. The SMILES string of the molecule is N#CCn1cnc2c(cnn2CCO)c1=O. The van der Waals surface area contributed by atoms with Crippen LogP contribution < -0.4 is 5.56 Å². The Bertz CT molecular complexity index is 606. The molecule has 0 amide bonds. The lowest BCUT2D eigenvalue weighted by molar-refractivity contribution is 0.271. The Morgan fingerprint density at radius 3 is 3.06 bits per heavy atom. The van der Waals surface area contributed by atoms with Crippen LogP contribution in [-0.2, 0) is 13.1 Å². The summed E-state index contributed by atoms with van der Waals surface area (Å²) in [6, 6.07) is 1.88. The van der Waals surface area contributed by atoms with Gasteiger partial charge in [-0.25, -0.2) is 9.67 Å². The Kier molecular flexibility index (Phi) is 2.66. The molecule has 0 spiro atoms. The fourth-order valence-electron chi connectivity index (χ4n) is 1.44. The molecule has 0 aliphatic carbocycles. The van der Waals surface area contributed by atoms with Gasteiger partial charge in [0.2, 0.25) is 0 Å². The maximum absolute atomic E-state index is 11.8. The van der Waals surface area contributed by atoms with E-state index in [1.54, 1.807) is 0 Å². The second-order valence-electron chi connectivity index (χ2n) is 3.16. The van der Waals surface area contributed by atoms with Gasteiger partial charge >= 0.3 is 0 Å². The Balaban J connectivity index is 2.60. The quantitative estimate of drug-likeness (QED) is 0.722. The van der Waals surface area contributed by atoms with Crippen LogP contribution in [0.25, 0.3) is 11.0 Å².